The van der Waals surface area contributed by atoms with E-state index in [1.54, 1.807) is 28.8 Å². The molecule has 5 heterocycles. The number of benzene rings is 1. The molecular formula is C27H32N2O9. The minimum atomic E-state index is -1.59. The molecule has 0 radical (unpaired) electrons. The Kier molecular flexibility index (Phi) is 6.35. The van der Waals surface area contributed by atoms with E-state index in [1.807, 2.05) is 7.05 Å². The lowest BCUT2D eigenvalue weighted by atomic mass is 9.78. The summed E-state index contributed by atoms with van der Waals surface area (Å²) in [4.78, 5) is 16.3. The number of ether oxygens (including phenoxy) is 3. The van der Waals surface area contributed by atoms with Gasteiger partial charge in [0.1, 0.15) is 30.2 Å². The fraction of sp³-hybridized carbons (Fsp3) is 0.519. The van der Waals surface area contributed by atoms with Gasteiger partial charge < -0.3 is 39.7 Å². The van der Waals surface area contributed by atoms with Crippen LogP contribution in [0.1, 0.15) is 28.5 Å². The second-order valence-corrected chi connectivity index (χ2v) is 10.5. The number of hydrogen-bond acceptors (Lipinski definition) is 10. The van der Waals surface area contributed by atoms with E-state index < -0.39 is 49.5 Å². The highest BCUT2D eigenvalue weighted by Crippen LogP contribution is 2.48. The van der Waals surface area contributed by atoms with Gasteiger partial charge in [-0.05, 0) is 43.7 Å². The lowest BCUT2D eigenvalue weighted by molar-refractivity contribution is -0.339. The number of aliphatic hydroxyl groups excluding tert-OH is 4. The predicted octanol–water partition coefficient (Wildman–Crippen LogP) is 0.395. The van der Waals surface area contributed by atoms with E-state index in [-0.39, 0.29) is 23.6 Å². The van der Waals surface area contributed by atoms with Gasteiger partial charge in [-0.2, -0.15) is 0 Å². The first-order valence-corrected chi connectivity index (χ1v) is 12.8. The van der Waals surface area contributed by atoms with Crippen LogP contribution >= 0.6 is 0 Å². The Hall–Kier alpha value is -2.77. The number of nitrogens with zero attached hydrogens (tertiary/aromatic N) is 2. The van der Waals surface area contributed by atoms with Crippen molar-refractivity contribution in [3.8, 4) is 5.75 Å². The van der Waals surface area contributed by atoms with Crippen LogP contribution in [-0.4, -0.2) is 98.1 Å². The molecule has 4 aliphatic rings. The van der Waals surface area contributed by atoms with Crippen molar-refractivity contribution in [3.63, 3.8) is 0 Å². The number of aromatic hydroxyl groups is 1. The number of carbonyl (C=O) groups is 1. The van der Waals surface area contributed by atoms with E-state index in [4.69, 9.17) is 14.2 Å². The fourth-order valence-corrected chi connectivity index (χ4v) is 6.43. The van der Waals surface area contributed by atoms with Crippen molar-refractivity contribution in [3.05, 3.63) is 53.9 Å². The molecular weight excluding hydrogens is 496 g/mol. The third kappa shape index (κ3) is 3.73. The molecule has 0 spiro atoms. The number of aliphatic hydroxyl groups is 4. The van der Waals surface area contributed by atoms with E-state index in [2.05, 4.69) is 11.5 Å². The van der Waals surface area contributed by atoms with Gasteiger partial charge in [0, 0.05) is 29.5 Å². The Morgan fingerprint density at radius 2 is 1.97 bits per heavy atom. The van der Waals surface area contributed by atoms with Crippen LogP contribution in [0.4, 0.5) is 0 Å². The first kappa shape index (κ1) is 25.5. The zero-order valence-electron chi connectivity index (χ0n) is 20.9. The Morgan fingerprint density at radius 3 is 2.71 bits per heavy atom. The number of fused-ring (bicyclic) bond motifs is 4. The van der Waals surface area contributed by atoms with Crippen LogP contribution in [0.25, 0.3) is 10.9 Å². The third-order valence-electron chi connectivity index (χ3n) is 8.48. The molecule has 11 heteroatoms. The molecule has 1 aromatic carbocycles. The zero-order valence-corrected chi connectivity index (χ0v) is 20.9. The smallest absolute Gasteiger partial charge is 0.261 e. The normalized spacial score (nSPS) is 37.1. The Morgan fingerprint density at radius 1 is 1.18 bits per heavy atom. The summed E-state index contributed by atoms with van der Waals surface area (Å²) in [5.74, 6) is -0.919. The Labute approximate surface area is 218 Å². The Bertz CT molecular complexity index is 1300. The largest absolute Gasteiger partial charge is 0.508 e. The molecule has 1 aromatic heterocycles. The van der Waals surface area contributed by atoms with E-state index in [0.29, 0.717) is 12.0 Å². The first-order chi connectivity index (χ1) is 18.2. The van der Waals surface area contributed by atoms with Crippen LogP contribution in [0.5, 0.6) is 5.75 Å². The molecule has 204 valence electrons. The highest BCUT2D eigenvalue weighted by molar-refractivity contribution is 6.05. The van der Waals surface area contributed by atoms with Crippen LogP contribution in [-0.2, 0) is 20.6 Å². The predicted molar refractivity (Wildman–Crippen MR) is 133 cm³/mol. The molecule has 1 saturated heterocycles. The summed E-state index contributed by atoms with van der Waals surface area (Å²) < 4.78 is 19.1. The van der Waals surface area contributed by atoms with Crippen LogP contribution in [0.3, 0.4) is 0 Å². The van der Waals surface area contributed by atoms with Crippen molar-refractivity contribution in [2.24, 2.45) is 11.8 Å². The molecule has 0 aliphatic carbocycles. The first-order valence-electron chi connectivity index (χ1n) is 12.8. The molecule has 9 atom stereocenters. The maximum Gasteiger partial charge on any atom is 0.261 e. The molecule has 9 unspecified atom stereocenters. The van der Waals surface area contributed by atoms with Gasteiger partial charge in [0.2, 0.25) is 6.29 Å². The molecule has 2 aromatic rings. The fourth-order valence-electron chi connectivity index (χ4n) is 6.43. The summed E-state index contributed by atoms with van der Waals surface area (Å²) in [6, 6.07) is 4.95. The number of aromatic nitrogens is 1. The summed E-state index contributed by atoms with van der Waals surface area (Å²) in [7, 11) is 2.02. The molecule has 5 N–H and O–H groups in total. The lowest BCUT2D eigenvalue weighted by Gasteiger charge is -2.43. The SMILES string of the molecule is C=CC1C(OC2OC(CO)C(O)C(O)C2O)OC=C2C(=O)n3c4c(c5cc(O)ccc53)CCN(C)C4CC21. The number of rotatable bonds is 4. The lowest BCUT2D eigenvalue weighted by Crippen LogP contribution is -2.60. The number of allylic oxidation sites excluding steroid dienone is 1. The van der Waals surface area contributed by atoms with E-state index >= 15 is 0 Å². The highest BCUT2D eigenvalue weighted by atomic mass is 16.8. The second-order valence-electron chi connectivity index (χ2n) is 10.5. The second kappa shape index (κ2) is 9.45. The van der Waals surface area contributed by atoms with Gasteiger partial charge in [-0.1, -0.05) is 6.08 Å². The van der Waals surface area contributed by atoms with Crippen molar-refractivity contribution in [2.45, 2.75) is 55.9 Å². The molecule has 38 heavy (non-hydrogen) atoms. The van der Waals surface area contributed by atoms with Crippen LogP contribution in [0.15, 0.2) is 42.7 Å². The molecule has 6 rings (SSSR count). The van der Waals surface area contributed by atoms with E-state index in [9.17, 15) is 30.3 Å². The standard InChI is InChI=1S/C27H32N2O9/c1-3-13-15-9-19-21-14(6-7-28(19)2)16-8-12(31)4-5-18(16)29(21)25(35)17(15)11-36-26(13)38-27-24(34)23(33)22(32)20(10-30)37-27/h3-5,8,11,13,15,19-20,22-24,26-27,30-34H,1,6-7,9-10H2,2H3. The van der Waals surface area contributed by atoms with Crippen molar-refractivity contribution in [2.75, 3.05) is 20.2 Å². The van der Waals surface area contributed by atoms with E-state index in [0.717, 1.165) is 35.1 Å². The number of carbonyl (C=O) groups excluding carboxylic acids is 1. The summed E-state index contributed by atoms with van der Waals surface area (Å²) >= 11 is 0. The highest BCUT2D eigenvalue weighted by Gasteiger charge is 2.49. The topological polar surface area (TPSA) is 154 Å². The summed E-state index contributed by atoms with van der Waals surface area (Å²) in [6.07, 6.45) is -3.84. The monoisotopic (exact) mass is 528 g/mol. The van der Waals surface area contributed by atoms with Gasteiger partial charge in [-0.25, -0.2) is 0 Å². The maximum absolute atomic E-state index is 14.1. The van der Waals surface area contributed by atoms with Crippen LogP contribution in [0, 0.1) is 11.8 Å². The van der Waals surface area contributed by atoms with Gasteiger partial charge in [0.25, 0.3) is 5.91 Å². The van der Waals surface area contributed by atoms with Gasteiger partial charge >= 0.3 is 0 Å². The number of phenolic OH excluding ortho intramolecular Hbond substituents is 1. The quantitative estimate of drug-likeness (QED) is 0.352. The number of phenols is 1. The number of hydrogen-bond donors (Lipinski definition) is 5. The minimum absolute atomic E-state index is 0.0957. The molecule has 0 bridgehead atoms. The molecule has 11 nitrogen and oxygen atoms in total. The van der Waals surface area contributed by atoms with Gasteiger partial charge in [-0.3, -0.25) is 14.3 Å². The van der Waals surface area contributed by atoms with Gasteiger partial charge in [-0.15, -0.1) is 6.58 Å². The Balaban J connectivity index is 1.37. The molecule has 4 aliphatic heterocycles. The molecule has 0 amide bonds. The van der Waals surface area contributed by atoms with Crippen LogP contribution in [0.2, 0.25) is 0 Å². The van der Waals surface area contributed by atoms with Crippen molar-refractivity contribution >= 4 is 16.8 Å². The van der Waals surface area contributed by atoms with Gasteiger partial charge in [0.15, 0.2) is 6.29 Å². The molecule has 1 fully saturated rings. The van der Waals surface area contributed by atoms with Crippen molar-refractivity contribution in [1.29, 1.82) is 0 Å². The number of likely N-dealkylation sites (N-methyl/N-ethyl adjacent to an activating group) is 1. The zero-order chi connectivity index (χ0) is 26.9. The van der Waals surface area contributed by atoms with Crippen molar-refractivity contribution < 1.29 is 44.5 Å². The van der Waals surface area contributed by atoms with Crippen LogP contribution < -0.4 is 0 Å². The van der Waals surface area contributed by atoms with Gasteiger partial charge in [0.05, 0.1) is 30.0 Å². The third-order valence-corrected chi connectivity index (χ3v) is 8.48. The minimum Gasteiger partial charge on any atom is -0.508 e. The summed E-state index contributed by atoms with van der Waals surface area (Å²) in [5.41, 5.74) is 3.15. The summed E-state index contributed by atoms with van der Waals surface area (Å²) in [6.45, 7) is 4.17. The molecule has 0 saturated carbocycles. The van der Waals surface area contributed by atoms with Crippen molar-refractivity contribution in [1.82, 2.24) is 9.47 Å². The average molecular weight is 529 g/mol. The average Bonchev–Trinajstić information content (AvgIpc) is 3.16. The maximum atomic E-state index is 14.1. The van der Waals surface area contributed by atoms with E-state index in [1.165, 1.54) is 6.26 Å². The summed E-state index contributed by atoms with van der Waals surface area (Å²) in [5, 5.41) is 51.3.